The van der Waals surface area contributed by atoms with Gasteiger partial charge in [0.25, 0.3) is 5.91 Å². The SMILES string of the molecule is COc1ncccc1C(=O)OCC(=O)Nc1cc(-c2ccccc2)nn1-c1ccccc1. The minimum Gasteiger partial charge on any atom is -0.480 e. The molecular weight excluding hydrogens is 408 g/mol. The summed E-state index contributed by atoms with van der Waals surface area (Å²) in [6.45, 7) is -0.475. The summed E-state index contributed by atoms with van der Waals surface area (Å²) >= 11 is 0. The van der Waals surface area contributed by atoms with Crippen LogP contribution in [-0.2, 0) is 9.53 Å². The molecule has 4 rings (SSSR count). The lowest BCUT2D eigenvalue weighted by molar-refractivity contribution is -0.119. The molecule has 0 fully saturated rings. The van der Waals surface area contributed by atoms with Crippen LogP contribution in [0.4, 0.5) is 5.82 Å². The minimum atomic E-state index is -0.702. The van der Waals surface area contributed by atoms with Gasteiger partial charge in [0.2, 0.25) is 5.88 Å². The van der Waals surface area contributed by atoms with E-state index >= 15 is 0 Å². The number of carbonyl (C=O) groups excluding carboxylic acids is 2. The van der Waals surface area contributed by atoms with E-state index in [0.717, 1.165) is 11.3 Å². The lowest BCUT2D eigenvalue weighted by Gasteiger charge is -2.10. The van der Waals surface area contributed by atoms with Crippen molar-refractivity contribution in [3.05, 3.63) is 90.6 Å². The molecule has 0 atom stereocenters. The standard InChI is InChI=1S/C24H20N4O4/c1-31-23-19(13-8-14-25-23)24(30)32-16-22(29)26-21-15-20(17-9-4-2-5-10-17)27-28(21)18-11-6-3-7-12-18/h2-15H,16H2,1H3,(H,26,29). The van der Waals surface area contributed by atoms with Crippen LogP contribution in [0.3, 0.4) is 0 Å². The number of aromatic nitrogens is 3. The number of pyridine rings is 1. The molecule has 0 aliphatic rings. The molecule has 8 heteroatoms. The van der Waals surface area contributed by atoms with Gasteiger partial charge in [-0.05, 0) is 24.3 Å². The molecule has 32 heavy (non-hydrogen) atoms. The van der Waals surface area contributed by atoms with Gasteiger partial charge in [0, 0.05) is 17.8 Å². The van der Waals surface area contributed by atoms with E-state index in [0.29, 0.717) is 11.5 Å². The highest BCUT2D eigenvalue weighted by atomic mass is 16.5. The summed E-state index contributed by atoms with van der Waals surface area (Å²) in [5.41, 5.74) is 2.53. The molecule has 2 aromatic heterocycles. The lowest BCUT2D eigenvalue weighted by Crippen LogP contribution is -2.22. The summed E-state index contributed by atoms with van der Waals surface area (Å²) in [7, 11) is 1.40. The van der Waals surface area contributed by atoms with Crippen molar-refractivity contribution >= 4 is 17.7 Å². The highest BCUT2D eigenvalue weighted by Crippen LogP contribution is 2.24. The quantitative estimate of drug-likeness (QED) is 0.451. The van der Waals surface area contributed by atoms with E-state index in [2.05, 4.69) is 15.4 Å². The molecule has 4 aromatic rings. The number of ether oxygens (including phenoxy) is 2. The van der Waals surface area contributed by atoms with E-state index in [-0.39, 0.29) is 11.4 Å². The third kappa shape index (κ3) is 4.65. The molecule has 0 spiro atoms. The monoisotopic (exact) mass is 428 g/mol. The van der Waals surface area contributed by atoms with E-state index < -0.39 is 18.5 Å². The molecule has 1 N–H and O–H groups in total. The number of esters is 1. The Bertz CT molecular complexity index is 1220. The molecule has 0 aliphatic carbocycles. The molecule has 0 radical (unpaired) electrons. The van der Waals surface area contributed by atoms with Crippen LogP contribution in [0.5, 0.6) is 5.88 Å². The molecule has 0 aliphatic heterocycles. The van der Waals surface area contributed by atoms with Gasteiger partial charge in [-0.2, -0.15) is 5.10 Å². The topological polar surface area (TPSA) is 95.3 Å². The average Bonchev–Trinajstić information content (AvgIpc) is 3.27. The molecule has 2 heterocycles. The maximum Gasteiger partial charge on any atom is 0.344 e. The maximum atomic E-state index is 12.6. The normalized spacial score (nSPS) is 10.4. The third-order valence-corrected chi connectivity index (χ3v) is 4.57. The number of nitrogens with one attached hydrogen (secondary N) is 1. The molecule has 8 nitrogen and oxygen atoms in total. The Morgan fingerprint density at radius 2 is 1.69 bits per heavy atom. The summed E-state index contributed by atoms with van der Waals surface area (Å²) < 4.78 is 11.8. The Morgan fingerprint density at radius 3 is 2.41 bits per heavy atom. The third-order valence-electron chi connectivity index (χ3n) is 4.57. The second kappa shape index (κ2) is 9.57. The van der Waals surface area contributed by atoms with Gasteiger partial charge < -0.3 is 14.8 Å². The van der Waals surface area contributed by atoms with Crippen LogP contribution in [0.2, 0.25) is 0 Å². The average molecular weight is 428 g/mol. The number of hydrogen-bond donors (Lipinski definition) is 1. The van der Waals surface area contributed by atoms with Crippen molar-refractivity contribution in [2.45, 2.75) is 0 Å². The number of rotatable bonds is 7. The van der Waals surface area contributed by atoms with Gasteiger partial charge in [0.05, 0.1) is 18.5 Å². The van der Waals surface area contributed by atoms with E-state index in [4.69, 9.17) is 9.47 Å². The molecule has 160 valence electrons. The fourth-order valence-corrected chi connectivity index (χ4v) is 3.08. The molecule has 0 unspecified atom stereocenters. The Hall–Kier alpha value is -4.46. The molecule has 0 saturated heterocycles. The van der Waals surface area contributed by atoms with Crippen LogP contribution >= 0.6 is 0 Å². The Balaban J connectivity index is 1.52. The van der Waals surface area contributed by atoms with Gasteiger partial charge in [-0.1, -0.05) is 48.5 Å². The van der Waals surface area contributed by atoms with E-state index in [1.54, 1.807) is 16.8 Å². The largest absolute Gasteiger partial charge is 0.480 e. The van der Waals surface area contributed by atoms with Crippen LogP contribution in [0.15, 0.2) is 85.1 Å². The highest BCUT2D eigenvalue weighted by molar-refractivity contribution is 5.96. The highest BCUT2D eigenvalue weighted by Gasteiger charge is 2.18. The fourth-order valence-electron chi connectivity index (χ4n) is 3.08. The van der Waals surface area contributed by atoms with Crippen LogP contribution in [0.25, 0.3) is 16.9 Å². The van der Waals surface area contributed by atoms with Crippen molar-refractivity contribution in [3.63, 3.8) is 0 Å². The molecule has 0 saturated carbocycles. The number of carbonyl (C=O) groups is 2. The van der Waals surface area contributed by atoms with Gasteiger partial charge in [-0.25, -0.2) is 14.5 Å². The molecular formula is C24H20N4O4. The first-order valence-corrected chi connectivity index (χ1v) is 9.82. The molecule has 1 amide bonds. The zero-order valence-corrected chi connectivity index (χ0v) is 17.3. The predicted molar refractivity (Wildman–Crippen MR) is 119 cm³/mol. The predicted octanol–water partition coefficient (Wildman–Crippen LogP) is 3.74. The number of hydrogen-bond acceptors (Lipinski definition) is 6. The maximum absolute atomic E-state index is 12.6. The Labute approximate surface area is 184 Å². The fraction of sp³-hybridized carbons (Fsp3) is 0.0833. The zero-order chi connectivity index (χ0) is 22.3. The first-order valence-electron chi connectivity index (χ1n) is 9.82. The summed E-state index contributed by atoms with van der Waals surface area (Å²) in [5, 5.41) is 7.41. The van der Waals surface area contributed by atoms with Crippen molar-refractivity contribution in [3.8, 4) is 22.8 Å². The Kier molecular flexibility index (Phi) is 6.22. The zero-order valence-electron chi connectivity index (χ0n) is 17.3. The van der Waals surface area contributed by atoms with Crippen molar-refractivity contribution in [1.29, 1.82) is 0 Å². The summed E-state index contributed by atoms with van der Waals surface area (Å²) in [6, 6.07) is 23.9. The van der Waals surface area contributed by atoms with E-state index in [1.807, 2.05) is 60.7 Å². The smallest absolute Gasteiger partial charge is 0.344 e. The molecule has 2 aromatic carbocycles. The van der Waals surface area contributed by atoms with Crippen molar-refractivity contribution in [1.82, 2.24) is 14.8 Å². The number of methoxy groups -OCH3 is 1. The summed E-state index contributed by atoms with van der Waals surface area (Å²) in [5.74, 6) is -0.618. The van der Waals surface area contributed by atoms with Gasteiger partial charge in [0.15, 0.2) is 6.61 Å². The van der Waals surface area contributed by atoms with Gasteiger partial charge in [-0.3, -0.25) is 4.79 Å². The summed E-state index contributed by atoms with van der Waals surface area (Å²) in [4.78, 5) is 28.8. The second-order valence-corrected chi connectivity index (χ2v) is 6.71. The number of anilines is 1. The van der Waals surface area contributed by atoms with E-state index in [9.17, 15) is 9.59 Å². The van der Waals surface area contributed by atoms with Gasteiger partial charge >= 0.3 is 5.97 Å². The Morgan fingerprint density at radius 1 is 0.969 bits per heavy atom. The first kappa shape index (κ1) is 20.8. The van der Waals surface area contributed by atoms with Gasteiger partial charge in [-0.15, -0.1) is 0 Å². The molecule has 0 bridgehead atoms. The summed E-state index contributed by atoms with van der Waals surface area (Å²) in [6.07, 6.45) is 1.50. The van der Waals surface area contributed by atoms with Crippen LogP contribution < -0.4 is 10.1 Å². The number of amides is 1. The van der Waals surface area contributed by atoms with Gasteiger partial charge in [0.1, 0.15) is 11.4 Å². The van der Waals surface area contributed by atoms with Crippen molar-refractivity contribution in [2.24, 2.45) is 0 Å². The number of para-hydroxylation sites is 1. The first-order chi connectivity index (χ1) is 15.7. The van der Waals surface area contributed by atoms with Crippen LogP contribution in [0, 0.1) is 0 Å². The van der Waals surface area contributed by atoms with Crippen LogP contribution in [0.1, 0.15) is 10.4 Å². The minimum absolute atomic E-state index is 0.132. The van der Waals surface area contributed by atoms with E-state index in [1.165, 1.54) is 19.4 Å². The number of nitrogens with zero attached hydrogens (tertiary/aromatic N) is 3. The number of benzene rings is 2. The lowest BCUT2D eigenvalue weighted by atomic mass is 10.2. The van der Waals surface area contributed by atoms with Crippen molar-refractivity contribution in [2.75, 3.05) is 19.0 Å². The van der Waals surface area contributed by atoms with Crippen LogP contribution in [-0.4, -0.2) is 40.4 Å². The second-order valence-electron chi connectivity index (χ2n) is 6.71. The van der Waals surface area contributed by atoms with Crippen molar-refractivity contribution < 1.29 is 19.1 Å².